The first kappa shape index (κ1) is 75.9. The minimum atomic E-state index is -1.21. The Morgan fingerprint density at radius 1 is 0.429 bits per heavy atom. The number of allylic oxidation sites excluding steroid dienone is 2. The van der Waals surface area contributed by atoms with Crippen LogP contribution in [0.15, 0.2) is 12.2 Å². The fraction of sp³-hybridized carbons (Fsp3) is 0.790. The van der Waals surface area contributed by atoms with Crippen LogP contribution < -0.4 is 21.3 Å². The predicted octanol–water partition coefficient (Wildman–Crippen LogP) is 4.30. The van der Waals surface area contributed by atoms with E-state index in [4.69, 9.17) is 0 Å². The maximum absolute atomic E-state index is 15.1. The van der Waals surface area contributed by atoms with Crippen LogP contribution in [0.2, 0.25) is 0 Å². The molecule has 480 valence electrons. The predicted molar refractivity (Wildman–Crippen MR) is 327 cm³/mol. The first-order valence-corrected chi connectivity index (χ1v) is 30.5. The maximum atomic E-state index is 15.1. The van der Waals surface area contributed by atoms with Crippen LogP contribution in [-0.2, 0) is 52.7 Å². The molecule has 22 heteroatoms. The van der Waals surface area contributed by atoms with Crippen LogP contribution in [0.1, 0.15) is 163 Å². The summed E-state index contributed by atoms with van der Waals surface area (Å²) >= 11 is 0. The maximum Gasteiger partial charge on any atom is 0.246 e. The van der Waals surface area contributed by atoms with Crippen molar-refractivity contribution in [1.29, 1.82) is 0 Å². The molecule has 11 atom stereocenters. The Labute approximate surface area is 504 Å². The van der Waals surface area contributed by atoms with Gasteiger partial charge in [-0.05, 0) is 107 Å². The summed E-state index contributed by atoms with van der Waals surface area (Å²) in [5.41, 5.74) is 0. The first-order valence-electron chi connectivity index (χ1n) is 30.5. The summed E-state index contributed by atoms with van der Waals surface area (Å²) in [6.45, 7) is 30.1. The van der Waals surface area contributed by atoms with E-state index in [2.05, 4.69) is 21.3 Å². The van der Waals surface area contributed by atoms with E-state index in [-0.39, 0.29) is 68.1 Å². The quantitative estimate of drug-likeness (QED) is 0.168. The zero-order valence-corrected chi connectivity index (χ0v) is 55.7. The van der Waals surface area contributed by atoms with Crippen molar-refractivity contribution in [3.05, 3.63) is 12.2 Å². The zero-order chi connectivity index (χ0) is 65.1. The smallest absolute Gasteiger partial charge is 0.246 e. The zero-order valence-electron chi connectivity index (χ0n) is 55.7. The molecule has 0 aromatic rings. The highest BCUT2D eigenvalue weighted by molar-refractivity contribution is 5.99. The van der Waals surface area contributed by atoms with Gasteiger partial charge in [0.25, 0.3) is 0 Å². The molecule has 11 amide bonds. The minimum absolute atomic E-state index is 0.110. The number of hydrogen-bond acceptors (Lipinski definition) is 11. The van der Waals surface area contributed by atoms with Crippen LogP contribution in [0.3, 0.4) is 0 Å². The average Bonchev–Trinajstić information content (AvgIpc) is 2.64. The summed E-state index contributed by atoms with van der Waals surface area (Å²) in [4.78, 5) is 169. The lowest BCUT2D eigenvalue weighted by atomic mass is 9.93. The number of nitrogens with zero attached hydrogens (tertiary/aromatic N) is 7. The van der Waals surface area contributed by atoms with Crippen molar-refractivity contribution < 1.29 is 52.7 Å². The highest BCUT2D eigenvalue weighted by Crippen LogP contribution is 2.25. The molecule has 84 heavy (non-hydrogen) atoms. The van der Waals surface area contributed by atoms with Gasteiger partial charge in [-0.25, -0.2) is 0 Å². The van der Waals surface area contributed by atoms with Crippen molar-refractivity contribution in [2.45, 2.75) is 223 Å². The number of nitrogens with one attached hydrogen (secondary N) is 4. The highest BCUT2D eigenvalue weighted by Gasteiger charge is 2.44. The Morgan fingerprint density at radius 2 is 0.821 bits per heavy atom. The minimum Gasteiger partial charge on any atom is -0.343 e. The SMILES string of the molecule is C/C=C/C[C@@H](C)CC1C(=O)N[C@@H](CC)C(=O)N(C)CC(=O)N(C)[C@@H](CC(C)C)C(=O)NC(C(C)C)C(=O)N(C)[C@@H](CC(C)C)C(=O)N[C@@H](C)C(=O)N[C@H](C)C(=O)N(C)[C@@H](CC(C)C)C(=O)N(C)[C@@H](CC(C)C)C(=O)N(C)C(C(C)C)C(=O)N1C. The molecule has 1 saturated heterocycles. The number of hydrogen-bond donors (Lipinski definition) is 4. The Balaban J connectivity index is 4.27. The summed E-state index contributed by atoms with van der Waals surface area (Å²) in [7, 11) is 10.3. The molecule has 22 nitrogen and oxygen atoms in total. The van der Waals surface area contributed by atoms with E-state index in [1.807, 2.05) is 81.4 Å². The molecule has 1 heterocycles. The van der Waals surface area contributed by atoms with Crippen LogP contribution in [0.4, 0.5) is 0 Å². The van der Waals surface area contributed by atoms with E-state index < -0.39 is 144 Å². The third kappa shape index (κ3) is 21.8. The molecule has 0 radical (unpaired) electrons. The van der Waals surface area contributed by atoms with Gasteiger partial charge in [0, 0.05) is 49.3 Å². The molecule has 1 aliphatic heterocycles. The van der Waals surface area contributed by atoms with Gasteiger partial charge in [-0.15, -0.1) is 0 Å². The molecule has 0 aliphatic carbocycles. The lowest BCUT2D eigenvalue weighted by Crippen LogP contribution is -2.61. The van der Waals surface area contributed by atoms with E-state index in [0.29, 0.717) is 6.42 Å². The van der Waals surface area contributed by atoms with Gasteiger partial charge in [-0.3, -0.25) is 52.7 Å². The Kier molecular flexibility index (Phi) is 31.4. The number of carbonyl (C=O) groups is 11. The Morgan fingerprint density at radius 3 is 1.27 bits per heavy atom. The van der Waals surface area contributed by atoms with Gasteiger partial charge in [0.2, 0.25) is 65.0 Å². The molecule has 3 unspecified atom stereocenters. The first-order chi connectivity index (χ1) is 38.8. The van der Waals surface area contributed by atoms with Crippen LogP contribution in [0.5, 0.6) is 0 Å². The van der Waals surface area contributed by atoms with Gasteiger partial charge in [-0.1, -0.05) is 109 Å². The molecule has 0 spiro atoms. The number of carbonyl (C=O) groups excluding carboxylic acids is 11. The summed E-state index contributed by atoms with van der Waals surface area (Å²) < 4.78 is 0. The molecule has 0 saturated carbocycles. The van der Waals surface area contributed by atoms with Gasteiger partial charge >= 0.3 is 0 Å². The van der Waals surface area contributed by atoms with Crippen molar-refractivity contribution in [2.24, 2.45) is 41.4 Å². The molecule has 0 aromatic heterocycles. The van der Waals surface area contributed by atoms with Crippen molar-refractivity contribution in [3.63, 3.8) is 0 Å². The van der Waals surface area contributed by atoms with Gasteiger partial charge in [0.05, 0.1) is 6.54 Å². The second-order valence-corrected chi connectivity index (χ2v) is 26.0. The largest absolute Gasteiger partial charge is 0.343 e. The molecule has 0 bridgehead atoms. The highest BCUT2D eigenvalue weighted by atomic mass is 16.2. The summed E-state index contributed by atoms with van der Waals surface area (Å²) in [5, 5.41) is 11.1. The molecule has 4 N–H and O–H groups in total. The van der Waals surface area contributed by atoms with Crippen molar-refractivity contribution in [1.82, 2.24) is 55.6 Å². The van der Waals surface area contributed by atoms with Crippen LogP contribution in [0.25, 0.3) is 0 Å². The molecule has 0 aromatic carbocycles. The molecule has 1 fully saturated rings. The van der Waals surface area contributed by atoms with Gasteiger partial charge in [-0.2, -0.15) is 0 Å². The summed E-state index contributed by atoms with van der Waals surface area (Å²) in [6.07, 6.45) is 5.43. The fourth-order valence-corrected chi connectivity index (χ4v) is 10.6. The normalized spacial score (nSPS) is 26.7. The van der Waals surface area contributed by atoms with E-state index in [1.165, 1.54) is 97.5 Å². The second kappa shape index (κ2) is 34.8. The van der Waals surface area contributed by atoms with Crippen molar-refractivity contribution in [3.8, 4) is 0 Å². The summed E-state index contributed by atoms with van der Waals surface area (Å²) in [6, 6.07) is -11.4. The monoisotopic (exact) mass is 1190 g/mol. The van der Waals surface area contributed by atoms with Gasteiger partial charge < -0.3 is 55.6 Å². The fourth-order valence-electron chi connectivity index (χ4n) is 10.6. The van der Waals surface area contributed by atoms with E-state index in [9.17, 15) is 43.2 Å². The van der Waals surface area contributed by atoms with Crippen molar-refractivity contribution in [2.75, 3.05) is 55.9 Å². The van der Waals surface area contributed by atoms with Crippen LogP contribution in [0, 0.1) is 41.4 Å². The topological polar surface area (TPSA) is 259 Å². The number of likely N-dealkylation sites (N-methyl/N-ethyl adjacent to an activating group) is 7. The number of amides is 11. The van der Waals surface area contributed by atoms with E-state index >= 15 is 9.59 Å². The lowest BCUT2D eigenvalue weighted by Gasteiger charge is -2.41. The second-order valence-electron chi connectivity index (χ2n) is 26.0. The Hall–Kier alpha value is -6.09. The van der Waals surface area contributed by atoms with E-state index in [1.54, 1.807) is 34.6 Å². The number of rotatable bonds is 15. The summed E-state index contributed by atoms with van der Waals surface area (Å²) in [5.74, 6) is -8.30. The van der Waals surface area contributed by atoms with Crippen LogP contribution in [-0.4, -0.2) is 216 Å². The molecular weight excluding hydrogens is 1070 g/mol. The third-order valence-electron chi connectivity index (χ3n) is 15.9. The third-order valence-corrected chi connectivity index (χ3v) is 15.9. The molecule has 1 rings (SSSR count). The van der Waals surface area contributed by atoms with Gasteiger partial charge in [0.1, 0.15) is 60.4 Å². The lowest BCUT2D eigenvalue weighted by molar-refractivity contribution is -0.156. The van der Waals surface area contributed by atoms with E-state index in [0.717, 1.165) is 0 Å². The average molecular weight is 1190 g/mol. The standard InChI is InChI=1S/C62H111N11O11/c1-25-27-28-41(15)33-47-55(77)65-44(26-2)58(80)67(18)34-50(74)68(19)45(29-35(3)4)56(78)66-51(39(11)12)61(83)69(20)46(30-36(5)6)54(76)63-42(16)53(75)64-43(17)57(79)71(22)48(31-37(7)8)59(81)72(23)49(32-38(9)10)60(82)73(24)52(40(13)14)62(84)70(47)21/h25,27,35-49,51-52H,26,28-34H2,1-24H3,(H,63,76)(H,64,75)(H,65,77)(H,66,78)/b27-25+/t41-,42+,43-,44+,45+,46+,47?,48+,49+,51?,52?/m1/s1. The molecular formula is C62H111N11O11. The van der Waals surface area contributed by atoms with Gasteiger partial charge in [0.15, 0.2) is 0 Å². The Bertz CT molecular complexity index is 2290. The van der Waals surface area contributed by atoms with Crippen molar-refractivity contribution >= 4 is 65.0 Å². The van der Waals surface area contributed by atoms with Crippen LogP contribution >= 0.6 is 0 Å². The molecule has 1 aliphatic rings.